The average Bonchev–Trinajstić information content (AvgIpc) is 3.85. The molecule has 6 bridgehead atoms. The maximum Gasteiger partial charge on any atom is 0.339 e. The van der Waals surface area contributed by atoms with Gasteiger partial charge >= 0.3 is 10.1 Å². The summed E-state index contributed by atoms with van der Waals surface area (Å²) >= 11 is 0. The molecular formula is C37H48O6S2. The van der Waals surface area contributed by atoms with Crippen molar-refractivity contribution in [2.45, 2.75) is 137 Å². The smallest absolute Gasteiger partial charge is 0.339 e. The lowest BCUT2D eigenvalue weighted by atomic mass is 9.72. The quantitative estimate of drug-likeness (QED) is 0.226. The third-order valence-corrected chi connectivity index (χ3v) is 15.7. The largest absolute Gasteiger partial charge is 0.379 e. The summed E-state index contributed by atoms with van der Waals surface area (Å²) in [5.74, 6) is 4.03. The Labute approximate surface area is 269 Å². The van der Waals surface area contributed by atoms with Crippen LogP contribution in [0.5, 0.6) is 5.75 Å². The van der Waals surface area contributed by atoms with Gasteiger partial charge in [-0.25, -0.2) is 0 Å². The van der Waals surface area contributed by atoms with Gasteiger partial charge in [0.05, 0.1) is 4.90 Å². The maximum atomic E-state index is 14.9. The Balaban J connectivity index is 1.31. The lowest BCUT2D eigenvalue weighted by Crippen LogP contribution is -2.28. The minimum atomic E-state index is -4.48. The molecule has 2 aromatic rings. The second-order valence-corrected chi connectivity index (χ2v) is 19.2. The second-order valence-electron chi connectivity index (χ2n) is 16.3. The lowest BCUT2D eigenvalue weighted by molar-refractivity contribution is 0.387. The zero-order chi connectivity index (χ0) is 31.5. The summed E-state index contributed by atoms with van der Waals surface area (Å²) < 4.78 is 70.4. The minimum Gasteiger partial charge on any atom is -0.379 e. The van der Waals surface area contributed by atoms with Crippen LogP contribution in [0.1, 0.15) is 143 Å². The number of aryl methyl sites for hydroxylation is 1. The average molecular weight is 653 g/mol. The van der Waals surface area contributed by atoms with E-state index < -0.39 is 20.2 Å². The van der Waals surface area contributed by atoms with Crippen molar-refractivity contribution in [3.8, 4) is 5.75 Å². The molecule has 2 aromatic carbocycles. The van der Waals surface area contributed by atoms with Crippen molar-refractivity contribution in [1.29, 1.82) is 0 Å². The monoisotopic (exact) mass is 652 g/mol. The number of benzene rings is 2. The molecule has 0 heterocycles. The Hall–Kier alpha value is -1.90. The minimum absolute atomic E-state index is 0.122. The molecule has 6 aliphatic rings. The van der Waals surface area contributed by atoms with Gasteiger partial charge in [-0.1, -0.05) is 38.8 Å². The Morgan fingerprint density at radius 3 is 1.96 bits per heavy atom. The maximum absolute atomic E-state index is 14.9. The van der Waals surface area contributed by atoms with Crippen molar-refractivity contribution in [3.63, 3.8) is 0 Å². The van der Waals surface area contributed by atoms with Crippen LogP contribution in [0.3, 0.4) is 0 Å². The summed E-state index contributed by atoms with van der Waals surface area (Å²) in [5, 5.41) is 0. The first kappa shape index (κ1) is 30.4. The van der Waals surface area contributed by atoms with Gasteiger partial charge in [0, 0.05) is 0 Å². The first-order valence-electron chi connectivity index (χ1n) is 17.6. The predicted octanol–water partition coefficient (Wildman–Crippen LogP) is 8.77. The standard InChI is InChI=1S/C37H48O6S2/c1-21(2)29-19-34(22(3)12-35(29)44(38,39)40)43-45(41,42)36-32(31-16-25-5-7-27(31)14-25)17-28(30-15-24-4-6-26(30)13-24)18-33(36)37-10-8-23(20-37)9-11-37/h12,17-19,21,23-27,30-31H,4-11,13-16,20H2,1-3H3,(H,38,39,40). The van der Waals surface area contributed by atoms with Crippen LogP contribution in [-0.4, -0.2) is 21.4 Å². The van der Waals surface area contributed by atoms with Gasteiger partial charge in [0.25, 0.3) is 10.1 Å². The third-order valence-electron chi connectivity index (χ3n) is 13.4. The fourth-order valence-electron chi connectivity index (χ4n) is 11.3. The number of hydrogen-bond donors (Lipinski definition) is 1. The molecule has 6 nitrogen and oxygen atoms in total. The molecule has 6 atom stereocenters. The summed E-state index contributed by atoms with van der Waals surface area (Å²) in [6, 6.07) is 7.52. The molecule has 45 heavy (non-hydrogen) atoms. The first-order valence-corrected chi connectivity index (χ1v) is 20.4. The van der Waals surface area contributed by atoms with Gasteiger partial charge in [-0.2, -0.15) is 16.8 Å². The van der Waals surface area contributed by atoms with E-state index in [1.807, 2.05) is 13.8 Å². The molecule has 1 N–H and O–H groups in total. The van der Waals surface area contributed by atoms with Crippen molar-refractivity contribution in [1.82, 2.24) is 0 Å². The molecule has 0 saturated heterocycles. The summed E-state index contributed by atoms with van der Waals surface area (Å²) in [5.41, 5.74) is 4.02. The van der Waals surface area contributed by atoms with E-state index in [4.69, 9.17) is 4.18 Å². The summed E-state index contributed by atoms with van der Waals surface area (Å²) in [4.78, 5) is 0.235. The molecule has 0 aromatic heterocycles. The molecule has 0 radical (unpaired) electrons. The SMILES string of the molecule is Cc1cc(S(=O)(=O)O)c(C(C)C)cc1OS(=O)(=O)c1c(C2CC3CCC2C3)cc(C2CC3CCC2C3)cc1C12CCC(CC1)C2. The summed E-state index contributed by atoms with van der Waals surface area (Å²) in [7, 11) is -8.75. The van der Waals surface area contributed by atoms with Crippen molar-refractivity contribution in [3.05, 3.63) is 52.1 Å². The van der Waals surface area contributed by atoms with E-state index in [9.17, 15) is 21.4 Å². The van der Waals surface area contributed by atoms with Gasteiger partial charge in [-0.15, -0.1) is 0 Å². The van der Waals surface area contributed by atoms with E-state index in [-0.39, 0.29) is 27.9 Å². The zero-order valence-electron chi connectivity index (χ0n) is 26.9. The van der Waals surface area contributed by atoms with Gasteiger partial charge in [-0.05, 0) is 170 Å². The van der Waals surface area contributed by atoms with Crippen LogP contribution >= 0.6 is 0 Å². The highest BCUT2D eigenvalue weighted by Crippen LogP contribution is 2.61. The van der Waals surface area contributed by atoms with E-state index >= 15 is 0 Å². The highest BCUT2D eigenvalue weighted by Gasteiger charge is 2.51. The molecule has 8 rings (SSSR count). The topological polar surface area (TPSA) is 97.7 Å². The van der Waals surface area contributed by atoms with E-state index in [1.165, 1.54) is 62.6 Å². The molecule has 0 aliphatic heterocycles. The van der Waals surface area contributed by atoms with Crippen molar-refractivity contribution < 1.29 is 25.6 Å². The van der Waals surface area contributed by atoms with E-state index in [2.05, 4.69) is 12.1 Å². The Bertz CT molecular complexity index is 1750. The molecule has 8 heteroatoms. The van der Waals surface area contributed by atoms with Crippen LogP contribution in [0.25, 0.3) is 0 Å². The molecule has 244 valence electrons. The number of fused-ring (bicyclic) bond motifs is 6. The summed E-state index contributed by atoms with van der Waals surface area (Å²) in [6.45, 7) is 5.30. The van der Waals surface area contributed by atoms with Gasteiger partial charge in [0.1, 0.15) is 10.6 Å². The molecule has 0 spiro atoms. The van der Waals surface area contributed by atoms with Gasteiger partial charge in [0.2, 0.25) is 0 Å². The van der Waals surface area contributed by atoms with Crippen LogP contribution in [0.15, 0.2) is 34.1 Å². The van der Waals surface area contributed by atoms with Crippen LogP contribution in [-0.2, 0) is 25.7 Å². The number of rotatable bonds is 8. The van der Waals surface area contributed by atoms with Crippen LogP contribution < -0.4 is 4.18 Å². The van der Waals surface area contributed by atoms with Gasteiger partial charge in [-0.3, -0.25) is 4.55 Å². The second kappa shape index (κ2) is 10.6. The van der Waals surface area contributed by atoms with E-state index in [0.29, 0.717) is 45.6 Å². The highest BCUT2D eigenvalue weighted by molar-refractivity contribution is 7.87. The number of hydrogen-bond acceptors (Lipinski definition) is 5. The Kier molecular flexibility index (Phi) is 7.14. The Morgan fingerprint density at radius 1 is 0.800 bits per heavy atom. The molecule has 0 amide bonds. The predicted molar refractivity (Wildman–Crippen MR) is 174 cm³/mol. The Morgan fingerprint density at radius 2 is 1.44 bits per heavy atom. The van der Waals surface area contributed by atoms with Crippen LogP contribution in [0.4, 0.5) is 0 Å². The first-order chi connectivity index (χ1) is 21.3. The third kappa shape index (κ3) is 5.02. The molecule has 6 aliphatic carbocycles. The molecule has 6 unspecified atom stereocenters. The van der Waals surface area contributed by atoms with E-state index in [0.717, 1.165) is 55.6 Å². The van der Waals surface area contributed by atoms with Crippen LogP contribution in [0.2, 0.25) is 0 Å². The highest BCUT2D eigenvalue weighted by atomic mass is 32.2. The fraction of sp³-hybridized carbons (Fsp3) is 0.676. The van der Waals surface area contributed by atoms with Crippen LogP contribution in [0, 0.1) is 36.5 Å². The zero-order valence-corrected chi connectivity index (χ0v) is 28.6. The van der Waals surface area contributed by atoms with Crippen molar-refractivity contribution in [2.24, 2.45) is 29.6 Å². The fourth-order valence-corrected chi connectivity index (χ4v) is 13.7. The normalized spacial score (nSPS) is 35.3. The van der Waals surface area contributed by atoms with E-state index in [1.54, 1.807) is 6.92 Å². The lowest BCUT2D eigenvalue weighted by Gasteiger charge is -2.35. The van der Waals surface area contributed by atoms with Gasteiger partial charge < -0.3 is 4.18 Å². The molecule has 6 saturated carbocycles. The molecule has 6 fully saturated rings. The molecular weight excluding hydrogens is 605 g/mol. The van der Waals surface area contributed by atoms with Gasteiger partial charge in [0.15, 0.2) is 0 Å². The van der Waals surface area contributed by atoms with Crippen molar-refractivity contribution >= 4 is 20.2 Å². The summed E-state index contributed by atoms with van der Waals surface area (Å²) in [6.07, 6.45) is 15.3. The van der Waals surface area contributed by atoms with Crippen molar-refractivity contribution in [2.75, 3.05) is 0 Å².